The van der Waals surface area contributed by atoms with Gasteiger partial charge in [-0.15, -0.1) is 11.3 Å². The minimum absolute atomic E-state index is 0.163. The van der Waals surface area contributed by atoms with Gasteiger partial charge in [-0.2, -0.15) is 0 Å². The Bertz CT molecular complexity index is 811. The third-order valence-electron chi connectivity index (χ3n) is 4.10. The fraction of sp³-hybridized carbons (Fsp3) is 0.316. The molecule has 2 rings (SSSR count). The van der Waals surface area contributed by atoms with Crippen LogP contribution in [0.5, 0.6) is 0 Å². The van der Waals surface area contributed by atoms with E-state index in [-0.39, 0.29) is 23.8 Å². The summed E-state index contributed by atoms with van der Waals surface area (Å²) in [4.78, 5) is 39.0. The minimum Gasteiger partial charge on any atom is -0.365 e. The van der Waals surface area contributed by atoms with E-state index < -0.39 is 5.91 Å². The lowest BCUT2D eigenvalue weighted by Crippen LogP contribution is -2.30. The molecule has 138 valence electrons. The van der Waals surface area contributed by atoms with Gasteiger partial charge in [0.05, 0.1) is 16.9 Å². The summed E-state index contributed by atoms with van der Waals surface area (Å²) in [5, 5.41) is 3.06. The molecule has 0 spiro atoms. The SMILES string of the molecule is CCN(CC)C(=O)c1sc(NC(=O)Cc2ccccc2)c(C(N)=O)c1C. The van der Waals surface area contributed by atoms with E-state index in [1.807, 2.05) is 44.2 Å². The smallest absolute Gasteiger partial charge is 0.264 e. The first-order valence-electron chi connectivity index (χ1n) is 8.45. The molecule has 0 aliphatic heterocycles. The zero-order valence-electron chi connectivity index (χ0n) is 15.2. The molecule has 1 heterocycles. The van der Waals surface area contributed by atoms with Gasteiger partial charge in [0.1, 0.15) is 5.00 Å². The lowest BCUT2D eigenvalue weighted by molar-refractivity contribution is -0.115. The van der Waals surface area contributed by atoms with Crippen LogP contribution in [0.4, 0.5) is 5.00 Å². The van der Waals surface area contributed by atoms with Gasteiger partial charge in [0.25, 0.3) is 11.8 Å². The average molecular weight is 373 g/mol. The van der Waals surface area contributed by atoms with Crippen molar-refractivity contribution in [2.75, 3.05) is 18.4 Å². The molecule has 0 atom stereocenters. The highest BCUT2D eigenvalue weighted by Crippen LogP contribution is 2.33. The molecule has 6 nitrogen and oxygen atoms in total. The van der Waals surface area contributed by atoms with Crippen LogP contribution in [-0.4, -0.2) is 35.7 Å². The molecule has 3 amide bonds. The largest absolute Gasteiger partial charge is 0.365 e. The molecule has 0 bridgehead atoms. The second-order valence-corrected chi connectivity index (χ2v) is 6.83. The number of nitrogens with two attached hydrogens (primary N) is 1. The number of rotatable bonds is 7. The van der Waals surface area contributed by atoms with Crippen molar-refractivity contribution in [1.29, 1.82) is 0 Å². The zero-order chi connectivity index (χ0) is 19.3. The lowest BCUT2D eigenvalue weighted by atomic mass is 10.1. The van der Waals surface area contributed by atoms with Crippen molar-refractivity contribution >= 4 is 34.1 Å². The Morgan fingerprint density at radius 2 is 1.73 bits per heavy atom. The molecule has 0 saturated carbocycles. The average Bonchev–Trinajstić information content (AvgIpc) is 2.92. The Morgan fingerprint density at radius 1 is 1.12 bits per heavy atom. The van der Waals surface area contributed by atoms with Crippen LogP contribution in [0.1, 0.15) is 45.0 Å². The predicted molar refractivity (Wildman–Crippen MR) is 104 cm³/mol. The molecule has 0 aliphatic carbocycles. The minimum atomic E-state index is -0.660. The Hall–Kier alpha value is -2.67. The summed E-state index contributed by atoms with van der Waals surface area (Å²) < 4.78 is 0. The normalized spacial score (nSPS) is 10.4. The van der Waals surface area contributed by atoms with Crippen molar-refractivity contribution in [2.45, 2.75) is 27.2 Å². The molecular weight excluding hydrogens is 350 g/mol. The highest BCUT2D eigenvalue weighted by molar-refractivity contribution is 7.18. The van der Waals surface area contributed by atoms with Gasteiger partial charge in [0.2, 0.25) is 5.91 Å². The van der Waals surface area contributed by atoms with Crippen LogP contribution < -0.4 is 11.1 Å². The Morgan fingerprint density at radius 3 is 2.27 bits per heavy atom. The standard InChI is InChI=1S/C19H23N3O3S/c1-4-22(5-2)19(25)16-12(3)15(17(20)24)18(26-16)21-14(23)11-13-9-7-6-8-10-13/h6-10H,4-5,11H2,1-3H3,(H2,20,24)(H,21,23). The maximum atomic E-state index is 12.7. The fourth-order valence-electron chi connectivity index (χ4n) is 2.71. The summed E-state index contributed by atoms with van der Waals surface area (Å²) in [6.07, 6.45) is 0.176. The van der Waals surface area contributed by atoms with Gasteiger partial charge >= 0.3 is 0 Å². The number of amides is 3. The molecule has 0 unspecified atom stereocenters. The Labute approximate surface area is 157 Å². The first kappa shape index (κ1) is 19.7. The number of primary amides is 1. The van der Waals surface area contributed by atoms with E-state index in [1.54, 1.807) is 11.8 Å². The summed E-state index contributed by atoms with van der Waals surface area (Å²) in [5.74, 6) is -1.09. The molecular formula is C19H23N3O3S. The number of nitrogens with zero attached hydrogens (tertiary/aromatic N) is 1. The number of anilines is 1. The van der Waals surface area contributed by atoms with Crippen LogP contribution in [0.3, 0.4) is 0 Å². The Balaban J connectivity index is 2.30. The van der Waals surface area contributed by atoms with Crippen LogP contribution in [0, 0.1) is 6.92 Å². The highest BCUT2D eigenvalue weighted by atomic mass is 32.1. The number of thiophene rings is 1. The van der Waals surface area contributed by atoms with Gasteiger partial charge in [0.15, 0.2) is 0 Å². The monoisotopic (exact) mass is 373 g/mol. The van der Waals surface area contributed by atoms with Gasteiger partial charge < -0.3 is 16.0 Å². The Kier molecular flexibility index (Phi) is 6.52. The quantitative estimate of drug-likeness (QED) is 0.781. The molecule has 0 aliphatic rings. The number of carbonyl (C=O) groups is 3. The molecule has 2 aromatic rings. The second kappa shape index (κ2) is 8.62. The third-order valence-corrected chi connectivity index (χ3v) is 5.29. The van der Waals surface area contributed by atoms with E-state index in [4.69, 9.17) is 5.73 Å². The summed E-state index contributed by atoms with van der Waals surface area (Å²) in [6.45, 7) is 6.59. The second-order valence-electron chi connectivity index (χ2n) is 5.81. The first-order valence-corrected chi connectivity index (χ1v) is 9.26. The number of hydrogen-bond acceptors (Lipinski definition) is 4. The lowest BCUT2D eigenvalue weighted by Gasteiger charge is -2.17. The van der Waals surface area contributed by atoms with Crippen LogP contribution in [0.15, 0.2) is 30.3 Å². The number of nitrogens with one attached hydrogen (secondary N) is 1. The maximum absolute atomic E-state index is 12.7. The summed E-state index contributed by atoms with van der Waals surface area (Å²) >= 11 is 1.10. The van der Waals surface area contributed by atoms with Gasteiger partial charge in [-0.25, -0.2) is 0 Å². The van der Waals surface area contributed by atoms with E-state index in [9.17, 15) is 14.4 Å². The third kappa shape index (κ3) is 4.29. The van der Waals surface area contributed by atoms with Crippen molar-refractivity contribution < 1.29 is 14.4 Å². The molecule has 3 N–H and O–H groups in total. The highest BCUT2D eigenvalue weighted by Gasteiger charge is 2.26. The number of hydrogen-bond donors (Lipinski definition) is 2. The van der Waals surface area contributed by atoms with Crippen molar-refractivity contribution in [3.63, 3.8) is 0 Å². The van der Waals surface area contributed by atoms with E-state index in [2.05, 4.69) is 5.32 Å². The fourth-order valence-corrected chi connectivity index (χ4v) is 3.91. The van der Waals surface area contributed by atoms with Crippen LogP contribution in [0.2, 0.25) is 0 Å². The summed E-state index contributed by atoms with van der Waals surface area (Å²) in [7, 11) is 0. The molecule has 1 aromatic heterocycles. The molecule has 7 heteroatoms. The van der Waals surface area contributed by atoms with E-state index >= 15 is 0 Å². The van der Waals surface area contributed by atoms with Crippen molar-refractivity contribution in [1.82, 2.24) is 4.90 Å². The van der Waals surface area contributed by atoms with Gasteiger partial charge in [0, 0.05) is 13.1 Å². The van der Waals surface area contributed by atoms with Crippen LogP contribution >= 0.6 is 11.3 Å². The van der Waals surface area contributed by atoms with E-state index in [1.165, 1.54) is 0 Å². The van der Waals surface area contributed by atoms with Gasteiger partial charge in [-0.1, -0.05) is 30.3 Å². The van der Waals surface area contributed by atoms with E-state index in [0.717, 1.165) is 16.9 Å². The van der Waals surface area contributed by atoms with Crippen molar-refractivity contribution in [3.05, 3.63) is 51.9 Å². The molecule has 0 radical (unpaired) electrons. The first-order chi connectivity index (χ1) is 12.4. The summed E-state index contributed by atoms with van der Waals surface area (Å²) in [6, 6.07) is 9.29. The topological polar surface area (TPSA) is 92.5 Å². The van der Waals surface area contributed by atoms with Crippen LogP contribution in [-0.2, 0) is 11.2 Å². The van der Waals surface area contributed by atoms with Gasteiger partial charge in [-0.05, 0) is 31.9 Å². The molecule has 26 heavy (non-hydrogen) atoms. The predicted octanol–water partition coefficient (Wildman–Crippen LogP) is 2.82. The van der Waals surface area contributed by atoms with Crippen molar-refractivity contribution in [3.8, 4) is 0 Å². The number of carbonyl (C=O) groups excluding carboxylic acids is 3. The van der Waals surface area contributed by atoms with Crippen LogP contribution in [0.25, 0.3) is 0 Å². The van der Waals surface area contributed by atoms with Gasteiger partial charge in [-0.3, -0.25) is 14.4 Å². The zero-order valence-corrected chi connectivity index (χ0v) is 16.0. The van der Waals surface area contributed by atoms with E-state index in [0.29, 0.717) is 28.5 Å². The number of benzene rings is 1. The maximum Gasteiger partial charge on any atom is 0.264 e. The molecule has 0 fully saturated rings. The molecule has 0 saturated heterocycles. The molecule has 1 aromatic carbocycles. The van der Waals surface area contributed by atoms with Crippen molar-refractivity contribution in [2.24, 2.45) is 5.73 Å². The summed E-state index contributed by atoms with van der Waals surface area (Å²) in [5.41, 5.74) is 7.06.